The van der Waals surface area contributed by atoms with E-state index < -0.39 is 11.2 Å². The first kappa shape index (κ1) is 66.0. The first-order valence-corrected chi connectivity index (χ1v) is 23.8. The highest BCUT2D eigenvalue weighted by Gasteiger charge is 2.33. The van der Waals surface area contributed by atoms with Gasteiger partial charge in [0.15, 0.2) is 0 Å². The molecule has 0 atom stereocenters. The molecule has 0 radical (unpaired) electrons. The molecule has 19 heteroatoms. The van der Waals surface area contributed by atoms with E-state index in [0.29, 0.717) is 12.1 Å². The van der Waals surface area contributed by atoms with E-state index in [1.54, 1.807) is 11.9 Å². The second-order valence-electron chi connectivity index (χ2n) is 19.7. The molecule has 394 valence electrons. The number of carbonyl (C=O) groups excluding carboxylic acids is 6. The van der Waals surface area contributed by atoms with Gasteiger partial charge in [0.25, 0.3) is 0 Å². The summed E-state index contributed by atoms with van der Waals surface area (Å²) < 4.78 is 34.3. The molecule has 4 aliphatic carbocycles. The Bertz CT molecular complexity index is 1390. The molecule has 0 bridgehead atoms. The lowest BCUT2D eigenvalue weighted by atomic mass is 9.85. The van der Waals surface area contributed by atoms with E-state index in [0.717, 1.165) is 116 Å². The van der Waals surface area contributed by atoms with Crippen molar-refractivity contribution >= 4 is 60.9 Å². The maximum Gasteiger partial charge on any atom is 0.410 e. The molecule has 2 amide bonds. The molecule has 4 N–H and O–H groups in total. The zero-order valence-electron chi connectivity index (χ0n) is 42.9. The van der Waals surface area contributed by atoms with Crippen LogP contribution in [0.25, 0.3) is 0 Å². The lowest BCUT2D eigenvalue weighted by Crippen LogP contribution is -2.43. The quantitative estimate of drug-likeness (QED) is 0.162. The molecule has 5 fully saturated rings. The average Bonchev–Trinajstić information content (AvgIpc) is 3.89. The maximum atomic E-state index is 11.9. The highest BCUT2D eigenvalue weighted by atomic mass is 35.5. The van der Waals surface area contributed by atoms with Gasteiger partial charge in [-0.05, 0) is 164 Å². The summed E-state index contributed by atoms with van der Waals surface area (Å²) in [4.78, 5) is 70.1. The summed E-state index contributed by atoms with van der Waals surface area (Å²) in [5.41, 5.74) is 4.73. The number of alkyl carbamates (subject to hydrolysis) is 1. The van der Waals surface area contributed by atoms with E-state index in [4.69, 9.17) is 34.2 Å². The van der Waals surface area contributed by atoms with Crippen molar-refractivity contribution < 1.29 is 61.9 Å². The van der Waals surface area contributed by atoms with E-state index in [9.17, 15) is 28.8 Å². The maximum absolute atomic E-state index is 11.9. The minimum atomic E-state index is -0.479. The number of halogens is 2. The van der Waals surface area contributed by atoms with Crippen molar-refractivity contribution in [1.29, 1.82) is 0 Å². The molecule has 0 spiro atoms. The molecule has 5 rings (SSSR count). The molecule has 17 nitrogen and oxygen atoms in total. The van der Waals surface area contributed by atoms with Crippen molar-refractivity contribution in [2.75, 3.05) is 55.7 Å². The fraction of sp³-hybridized carbons (Fsp3) is 0.875. The molecule has 0 aromatic carbocycles. The van der Waals surface area contributed by atoms with Gasteiger partial charge in [0.05, 0.1) is 52.1 Å². The van der Waals surface area contributed by atoms with Crippen LogP contribution in [-0.4, -0.2) is 132 Å². The van der Waals surface area contributed by atoms with Crippen LogP contribution in [0.3, 0.4) is 0 Å². The Kier molecular flexibility index (Phi) is 34.5. The second-order valence-corrected chi connectivity index (χ2v) is 19.7. The Balaban J connectivity index is 0. The predicted octanol–water partition coefficient (Wildman–Crippen LogP) is 8.08. The number of rotatable bonds is 7. The number of esters is 4. The van der Waals surface area contributed by atoms with Crippen LogP contribution in [-0.2, 0) is 52.3 Å². The van der Waals surface area contributed by atoms with Crippen molar-refractivity contribution in [3.8, 4) is 0 Å². The standard InChI is InChI=1S/C14H25NO4.C13H23NO4.C9H17NO2.C8H15NO2.C4H8O.2ClH/c1-14(2,3)19-13(17)15(4)11-8-6-10(7-9-11)12(16)18-5;1-13(2,3)18-12(16)14-10-7-5-9(6-8-10)11(15)17-4;1-10-8-5-3-7(4-6-8)9(11)12-2;1-11-8(10)6-2-4-7(9)5-3-6;1-2-4-5-3-1;;/h10-11H,6-9H2,1-5H3;9-10H,5-8H2,1-4H3,(H,14,16);7-8,10H,3-6H2,1-2H3;6-7H,2-5,9H2,1H3;1-4H2;2*1H. The monoisotopic (exact) mass is 1000 g/mol. The third-order valence-corrected chi connectivity index (χ3v) is 12.2. The van der Waals surface area contributed by atoms with Crippen LogP contribution >= 0.6 is 24.8 Å². The van der Waals surface area contributed by atoms with Crippen molar-refractivity contribution in [2.24, 2.45) is 29.4 Å². The Labute approximate surface area is 414 Å². The highest BCUT2D eigenvalue weighted by molar-refractivity contribution is 5.85. The molecular weight excluding hydrogens is 911 g/mol. The Morgan fingerprint density at radius 3 is 1.15 bits per heavy atom. The first-order chi connectivity index (χ1) is 30.6. The van der Waals surface area contributed by atoms with Gasteiger partial charge in [-0.2, -0.15) is 0 Å². The summed E-state index contributed by atoms with van der Waals surface area (Å²) >= 11 is 0. The van der Waals surface area contributed by atoms with Crippen molar-refractivity contribution in [1.82, 2.24) is 15.5 Å². The number of hydrogen-bond donors (Lipinski definition) is 3. The largest absolute Gasteiger partial charge is 0.469 e. The van der Waals surface area contributed by atoms with E-state index >= 15 is 0 Å². The van der Waals surface area contributed by atoms with Crippen molar-refractivity contribution in [2.45, 2.75) is 192 Å². The average molecular weight is 1000 g/mol. The van der Waals surface area contributed by atoms with Crippen LogP contribution in [0.2, 0.25) is 0 Å². The second kappa shape index (κ2) is 35.1. The first-order valence-electron chi connectivity index (χ1n) is 23.8. The Morgan fingerprint density at radius 2 is 0.851 bits per heavy atom. The number of hydrogen-bond acceptors (Lipinski definition) is 15. The third kappa shape index (κ3) is 28.8. The van der Waals surface area contributed by atoms with E-state index in [-0.39, 0.29) is 96.6 Å². The van der Waals surface area contributed by atoms with Gasteiger partial charge in [0.2, 0.25) is 0 Å². The van der Waals surface area contributed by atoms with Crippen LogP contribution in [0.5, 0.6) is 0 Å². The summed E-state index contributed by atoms with van der Waals surface area (Å²) in [6, 6.07) is 1.15. The van der Waals surface area contributed by atoms with E-state index in [2.05, 4.69) is 15.4 Å². The minimum absolute atomic E-state index is 0. The molecule has 1 aliphatic heterocycles. The molecule has 67 heavy (non-hydrogen) atoms. The fourth-order valence-corrected chi connectivity index (χ4v) is 8.28. The van der Waals surface area contributed by atoms with Gasteiger partial charge >= 0.3 is 36.1 Å². The summed E-state index contributed by atoms with van der Waals surface area (Å²) in [7, 11) is 9.47. The molecule has 4 saturated carbocycles. The van der Waals surface area contributed by atoms with Crippen molar-refractivity contribution in [3.63, 3.8) is 0 Å². The van der Waals surface area contributed by atoms with Crippen LogP contribution < -0.4 is 16.4 Å². The van der Waals surface area contributed by atoms with Gasteiger partial charge in [-0.25, -0.2) is 9.59 Å². The molecule has 5 aliphatic rings. The molecular formula is C48H90Cl2N4O13. The number of carbonyl (C=O) groups is 6. The van der Waals surface area contributed by atoms with Crippen LogP contribution in [0.15, 0.2) is 0 Å². The number of nitrogens with zero attached hydrogens (tertiary/aromatic N) is 1. The summed E-state index contributed by atoms with van der Waals surface area (Å²) in [6.45, 7) is 13.1. The fourth-order valence-electron chi connectivity index (χ4n) is 8.28. The van der Waals surface area contributed by atoms with Gasteiger partial charge in [0, 0.05) is 44.4 Å². The number of nitrogens with two attached hydrogens (primary N) is 1. The summed E-state index contributed by atoms with van der Waals surface area (Å²) in [5, 5.41) is 6.07. The number of nitrogens with one attached hydrogen (secondary N) is 2. The van der Waals surface area contributed by atoms with Gasteiger partial charge in [-0.15, -0.1) is 24.8 Å². The van der Waals surface area contributed by atoms with Gasteiger partial charge in [-0.1, -0.05) is 0 Å². The summed E-state index contributed by atoms with van der Waals surface area (Å²) in [5.74, 6) is -0.176. The molecule has 1 saturated heterocycles. The number of methoxy groups -OCH3 is 4. The summed E-state index contributed by atoms with van der Waals surface area (Å²) in [6.07, 6.45) is 16.0. The minimum Gasteiger partial charge on any atom is -0.469 e. The number of amides is 2. The molecule has 0 aromatic heterocycles. The lowest BCUT2D eigenvalue weighted by Gasteiger charge is -2.34. The Morgan fingerprint density at radius 1 is 0.522 bits per heavy atom. The van der Waals surface area contributed by atoms with Crippen LogP contribution in [0, 0.1) is 23.7 Å². The SMILES string of the molecule is C1CCOC1.CNC1CCC(C(=O)OC)CC1.COC(=O)C1CCC(N(C)C(=O)OC(C)(C)C)CC1.COC(=O)C1CCC(N)CC1.COC(=O)C1CCC(NC(=O)OC(C)(C)C)CC1.Cl.Cl. The van der Waals surface area contributed by atoms with Crippen LogP contribution in [0.1, 0.15) is 157 Å². The van der Waals surface area contributed by atoms with Gasteiger partial charge in [0.1, 0.15) is 11.2 Å². The molecule has 1 heterocycles. The highest BCUT2D eigenvalue weighted by Crippen LogP contribution is 2.29. The zero-order chi connectivity index (χ0) is 49.2. The van der Waals surface area contributed by atoms with E-state index in [1.807, 2.05) is 48.6 Å². The smallest absolute Gasteiger partial charge is 0.410 e. The van der Waals surface area contributed by atoms with Gasteiger partial charge < -0.3 is 54.4 Å². The Hall–Kier alpha value is -3.12. The van der Waals surface area contributed by atoms with E-state index in [1.165, 1.54) is 41.3 Å². The molecule has 0 aromatic rings. The van der Waals surface area contributed by atoms with Crippen molar-refractivity contribution in [3.05, 3.63) is 0 Å². The van der Waals surface area contributed by atoms with Gasteiger partial charge in [-0.3, -0.25) is 19.2 Å². The lowest BCUT2D eigenvalue weighted by molar-refractivity contribution is -0.147. The third-order valence-electron chi connectivity index (χ3n) is 12.2. The molecule has 0 unspecified atom stereocenters. The topological polar surface area (TPSA) is 220 Å². The normalized spacial score (nSPS) is 25.5. The number of ether oxygens (including phenoxy) is 7. The predicted molar refractivity (Wildman–Crippen MR) is 262 cm³/mol. The van der Waals surface area contributed by atoms with Crippen LogP contribution in [0.4, 0.5) is 9.59 Å². The zero-order valence-corrected chi connectivity index (χ0v) is 44.5.